The molecule has 3 aromatic rings. The summed E-state index contributed by atoms with van der Waals surface area (Å²) in [5.74, 6) is 0. The van der Waals surface area contributed by atoms with Crippen LogP contribution in [0, 0.1) is 0 Å². The predicted octanol–water partition coefficient (Wildman–Crippen LogP) is 3.35. The Balaban J connectivity index is 2.19. The van der Waals surface area contributed by atoms with Gasteiger partial charge in [-0.25, -0.2) is 4.98 Å². The fraction of sp³-hybridized carbons (Fsp3) is 0. The lowest BCUT2D eigenvalue weighted by atomic mass is 10.1. The summed E-state index contributed by atoms with van der Waals surface area (Å²) < 4.78 is 0. The van der Waals surface area contributed by atoms with Gasteiger partial charge in [-0.2, -0.15) is 0 Å². The molecule has 0 amide bonds. The highest BCUT2D eigenvalue weighted by Gasteiger charge is 2.02. The molecule has 0 spiro atoms. The van der Waals surface area contributed by atoms with Crippen LogP contribution in [0.4, 0.5) is 0 Å². The zero-order valence-corrected chi connectivity index (χ0v) is 9.59. The van der Waals surface area contributed by atoms with E-state index in [2.05, 4.69) is 15.0 Å². The molecule has 0 atom stereocenters. The molecule has 0 aliphatic carbocycles. The minimum atomic E-state index is 0.470. The molecule has 0 aliphatic rings. The minimum absolute atomic E-state index is 0.470. The number of hydrogen-bond acceptors (Lipinski definition) is 3. The number of nitrogens with zero attached hydrogens (tertiary/aromatic N) is 3. The van der Waals surface area contributed by atoms with E-state index in [1.54, 1.807) is 18.5 Å². The van der Waals surface area contributed by atoms with Gasteiger partial charge in [0.2, 0.25) is 0 Å². The van der Waals surface area contributed by atoms with Crippen molar-refractivity contribution in [3.63, 3.8) is 0 Å². The summed E-state index contributed by atoms with van der Waals surface area (Å²) in [5.41, 5.74) is 3.42. The first-order valence-corrected chi connectivity index (χ1v) is 5.54. The number of aromatic nitrogens is 3. The highest BCUT2D eigenvalue weighted by molar-refractivity contribution is 6.29. The van der Waals surface area contributed by atoms with E-state index in [1.807, 2.05) is 30.3 Å². The highest BCUT2D eigenvalue weighted by Crippen LogP contribution is 2.20. The summed E-state index contributed by atoms with van der Waals surface area (Å²) in [5, 5.41) is 0.470. The Morgan fingerprint density at radius 3 is 2.71 bits per heavy atom. The quantitative estimate of drug-likeness (QED) is 0.614. The van der Waals surface area contributed by atoms with E-state index in [0.717, 1.165) is 22.3 Å². The molecule has 0 bridgehead atoms. The third kappa shape index (κ3) is 1.97. The first-order chi connectivity index (χ1) is 8.33. The first kappa shape index (κ1) is 10.2. The molecule has 0 N–H and O–H groups in total. The van der Waals surface area contributed by atoms with Gasteiger partial charge in [-0.3, -0.25) is 9.97 Å². The average Bonchev–Trinajstić information content (AvgIpc) is 2.39. The zero-order chi connectivity index (χ0) is 11.7. The fourth-order valence-electron chi connectivity index (χ4n) is 1.66. The van der Waals surface area contributed by atoms with E-state index >= 15 is 0 Å². The molecule has 0 saturated heterocycles. The van der Waals surface area contributed by atoms with Crippen LogP contribution in [-0.4, -0.2) is 15.0 Å². The summed E-state index contributed by atoms with van der Waals surface area (Å²) >= 11 is 5.86. The van der Waals surface area contributed by atoms with E-state index in [4.69, 9.17) is 11.6 Å². The maximum Gasteiger partial charge on any atom is 0.129 e. The molecule has 17 heavy (non-hydrogen) atoms. The molecule has 3 rings (SSSR count). The van der Waals surface area contributed by atoms with Crippen LogP contribution >= 0.6 is 11.6 Å². The van der Waals surface area contributed by atoms with Crippen molar-refractivity contribution in [2.75, 3.05) is 0 Å². The topological polar surface area (TPSA) is 38.7 Å². The Hall–Kier alpha value is -2.00. The Bertz CT molecular complexity index is 668. The SMILES string of the molecule is Clc1ccc2ncc(-c3ccccn3)cc2n1. The van der Waals surface area contributed by atoms with Crippen molar-refractivity contribution in [2.45, 2.75) is 0 Å². The van der Waals surface area contributed by atoms with Crippen molar-refractivity contribution in [2.24, 2.45) is 0 Å². The van der Waals surface area contributed by atoms with Crippen LogP contribution in [0.5, 0.6) is 0 Å². The van der Waals surface area contributed by atoms with Crippen LogP contribution in [0.25, 0.3) is 22.3 Å². The van der Waals surface area contributed by atoms with E-state index in [0.29, 0.717) is 5.15 Å². The number of fused-ring (bicyclic) bond motifs is 1. The third-order valence-electron chi connectivity index (χ3n) is 2.46. The molecular formula is C13H8ClN3. The lowest BCUT2D eigenvalue weighted by molar-refractivity contribution is 1.29. The van der Waals surface area contributed by atoms with Gasteiger partial charge in [-0.15, -0.1) is 0 Å². The Morgan fingerprint density at radius 2 is 1.88 bits per heavy atom. The molecule has 0 aliphatic heterocycles. The van der Waals surface area contributed by atoms with Gasteiger partial charge in [0.05, 0.1) is 16.7 Å². The molecule has 4 heteroatoms. The first-order valence-electron chi connectivity index (χ1n) is 5.17. The van der Waals surface area contributed by atoms with Crippen LogP contribution in [0.1, 0.15) is 0 Å². The number of rotatable bonds is 1. The summed E-state index contributed by atoms with van der Waals surface area (Å²) in [7, 11) is 0. The van der Waals surface area contributed by atoms with E-state index in [1.165, 1.54) is 0 Å². The van der Waals surface area contributed by atoms with Gasteiger partial charge in [0.25, 0.3) is 0 Å². The largest absolute Gasteiger partial charge is 0.256 e. The van der Waals surface area contributed by atoms with Gasteiger partial charge >= 0.3 is 0 Å². The maximum absolute atomic E-state index is 5.86. The van der Waals surface area contributed by atoms with Crippen molar-refractivity contribution in [3.05, 3.63) is 53.9 Å². The van der Waals surface area contributed by atoms with Gasteiger partial charge in [-0.1, -0.05) is 17.7 Å². The molecule has 0 aromatic carbocycles. The monoisotopic (exact) mass is 241 g/mol. The minimum Gasteiger partial charge on any atom is -0.256 e. The van der Waals surface area contributed by atoms with Crippen LogP contribution < -0.4 is 0 Å². The van der Waals surface area contributed by atoms with Crippen molar-refractivity contribution >= 4 is 22.6 Å². The van der Waals surface area contributed by atoms with Crippen molar-refractivity contribution in [1.82, 2.24) is 15.0 Å². The van der Waals surface area contributed by atoms with E-state index in [9.17, 15) is 0 Å². The predicted molar refractivity (Wildman–Crippen MR) is 67.8 cm³/mol. The number of pyridine rings is 3. The van der Waals surface area contributed by atoms with Gasteiger partial charge in [0, 0.05) is 18.0 Å². The van der Waals surface area contributed by atoms with Gasteiger partial charge in [-0.05, 0) is 30.3 Å². The molecular weight excluding hydrogens is 234 g/mol. The van der Waals surface area contributed by atoms with Gasteiger partial charge in [0.1, 0.15) is 5.15 Å². The number of halogens is 1. The molecule has 3 heterocycles. The molecule has 0 saturated carbocycles. The normalized spacial score (nSPS) is 10.6. The molecule has 3 nitrogen and oxygen atoms in total. The molecule has 82 valence electrons. The standard InChI is InChI=1S/C13H8ClN3/c14-13-5-4-11-12(17-13)7-9(8-16-11)10-3-1-2-6-15-10/h1-8H. The Kier molecular flexibility index (Phi) is 2.46. The second-order valence-electron chi connectivity index (χ2n) is 3.61. The van der Waals surface area contributed by atoms with Gasteiger partial charge in [0.15, 0.2) is 0 Å². The van der Waals surface area contributed by atoms with Crippen LogP contribution in [-0.2, 0) is 0 Å². The number of hydrogen-bond donors (Lipinski definition) is 0. The zero-order valence-electron chi connectivity index (χ0n) is 8.84. The van der Waals surface area contributed by atoms with Crippen molar-refractivity contribution in [1.29, 1.82) is 0 Å². The maximum atomic E-state index is 5.86. The average molecular weight is 242 g/mol. The van der Waals surface area contributed by atoms with Crippen molar-refractivity contribution in [3.8, 4) is 11.3 Å². The highest BCUT2D eigenvalue weighted by atomic mass is 35.5. The second-order valence-corrected chi connectivity index (χ2v) is 4.00. The lowest BCUT2D eigenvalue weighted by Crippen LogP contribution is -1.87. The van der Waals surface area contributed by atoms with Crippen LogP contribution in [0.15, 0.2) is 48.8 Å². The molecule has 3 aromatic heterocycles. The fourth-order valence-corrected chi connectivity index (χ4v) is 1.81. The van der Waals surface area contributed by atoms with Crippen molar-refractivity contribution < 1.29 is 0 Å². The molecule has 0 unspecified atom stereocenters. The summed E-state index contributed by atoms with van der Waals surface area (Å²) in [6.07, 6.45) is 3.55. The van der Waals surface area contributed by atoms with Gasteiger partial charge < -0.3 is 0 Å². The summed E-state index contributed by atoms with van der Waals surface area (Å²) in [4.78, 5) is 12.9. The smallest absolute Gasteiger partial charge is 0.129 e. The van der Waals surface area contributed by atoms with Crippen LogP contribution in [0.3, 0.4) is 0 Å². The molecule has 0 radical (unpaired) electrons. The Labute approximate surface area is 103 Å². The second kappa shape index (κ2) is 4.11. The van der Waals surface area contributed by atoms with E-state index in [-0.39, 0.29) is 0 Å². The van der Waals surface area contributed by atoms with Crippen LogP contribution in [0.2, 0.25) is 5.15 Å². The third-order valence-corrected chi connectivity index (χ3v) is 2.67. The Morgan fingerprint density at radius 1 is 0.941 bits per heavy atom. The summed E-state index contributed by atoms with van der Waals surface area (Å²) in [6.45, 7) is 0. The summed E-state index contributed by atoms with van der Waals surface area (Å²) in [6, 6.07) is 11.3. The molecule has 0 fully saturated rings. The lowest BCUT2D eigenvalue weighted by Gasteiger charge is -2.02. The van der Waals surface area contributed by atoms with E-state index < -0.39 is 0 Å².